The second-order valence-electron chi connectivity index (χ2n) is 16.5. The number of phenols is 8. The number of aliphatic hydroxyl groups excluding tert-OH is 1. The van der Waals surface area contributed by atoms with E-state index in [0.29, 0.717) is 4.90 Å². The molecule has 3 aromatic carbocycles. The third kappa shape index (κ3) is 10.7. The monoisotopic (exact) mass is 1040 g/mol. The maximum atomic E-state index is 14.4. The first kappa shape index (κ1) is 56.5. The topological polar surface area (TPSA) is 595 Å². The van der Waals surface area contributed by atoms with Crippen molar-refractivity contribution in [2.75, 3.05) is 19.7 Å². The minimum atomic E-state index is -4.66. The van der Waals surface area contributed by atoms with Gasteiger partial charge >= 0.3 is 29.9 Å². The van der Waals surface area contributed by atoms with Gasteiger partial charge in [0, 0.05) is 25.6 Å². The summed E-state index contributed by atoms with van der Waals surface area (Å²) in [5.74, 6) is -42.6. The van der Waals surface area contributed by atoms with Crippen LogP contribution >= 0.6 is 0 Å². The zero-order valence-corrected chi connectivity index (χ0v) is 36.3. The van der Waals surface area contributed by atoms with Gasteiger partial charge in [-0.1, -0.05) is 30.3 Å². The van der Waals surface area contributed by atoms with Crippen LogP contribution in [0.1, 0.15) is 41.5 Å². The van der Waals surface area contributed by atoms with Crippen molar-refractivity contribution in [1.29, 1.82) is 0 Å². The summed E-state index contributed by atoms with van der Waals surface area (Å²) >= 11 is 0. The van der Waals surface area contributed by atoms with E-state index >= 15 is 0 Å². The summed E-state index contributed by atoms with van der Waals surface area (Å²) in [7, 11) is 0. The molecule has 400 valence electrons. The highest BCUT2D eigenvalue weighted by molar-refractivity contribution is 5.93. The van der Waals surface area contributed by atoms with Crippen LogP contribution in [0.5, 0.6) is 51.7 Å². The highest BCUT2D eigenvalue weighted by Gasteiger charge is 2.72. The molecule has 26 N–H and O–H groups in total. The number of aromatic hydroxyl groups is 8. The van der Waals surface area contributed by atoms with E-state index < -0.39 is 184 Å². The Bertz CT molecular complexity index is 2450. The molecule has 0 bridgehead atoms. The number of Topliss-reactive ketones (excluding diaryl/α,β-unsaturated/α-hetero) is 1. The number of ketones is 1. The molecule has 2 aliphatic heterocycles. The number of phenolic OH excluding ortho intramolecular Hbond substituents is 8. The highest BCUT2D eigenvalue weighted by Crippen LogP contribution is 2.57. The number of urea groups is 1. The van der Waals surface area contributed by atoms with Gasteiger partial charge in [0.15, 0.2) is 34.4 Å². The van der Waals surface area contributed by atoms with Gasteiger partial charge in [-0.05, 0) is 24.8 Å². The van der Waals surface area contributed by atoms with Crippen LogP contribution in [0.3, 0.4) is 0 Å². The number of aliphatic hydroxyl groups is 16. The van der Waals surface area contributed by atoms with Crippen molar-refractivity contribution >= 4 is 17.7 Å². The van der Waals surface area contributed by atoms with Gasteiger partial charge in [-0.25, -0.2) is 4.79 Å². The van der Waals surface area contributed by atoms with Crippen molar-refractivity contribution in [1.82, 2.24) is 15.5 Å². The van der Waals surface area contributed by atoms with Crippen LogP contribution in [0, 0.1) is 0 Å². The Morgan fingerprint density at radius 3 is 1.67 bits per heavy atom. The quantitative estimate of drug-likeness (QED) is 0.0204. The van der Waals surface area contributed by atoms with Gasteiger partial charge in [0.05, 0.1) is 6.10 Å². The van der Waals surface area contributed by atoms with Crippen molar-refractivity contribution in [3.8, 4) is 51.7 Å². The Labute approximate surface area is 399 Å². The molecule has 33 heteroatoms. The molecule has 2 saturated heterocycles. The fourth-order valence-corrected chi connectivity index (χ4v) is 7.75. The number of carbonyl (C=O) groups is 3. The number of rotatable bonds is 21. The van der Waals surface area contributed by atoms with Crippen molar-refractivity contribution in [2.24, 2.45) is 0 Å². The van der Waals surface area contributed by atoms with E-state index in [9.17, 15) is 137 Å². The molecule has 2 fully saturated rings. The van der Waals surface area contributed by atoms with Crippen LogP contribution in [-0.2, 0) is 43.2 Å². The van der Waals surface area contributed by atoms with Gasteiger partial charge in [0.2, 0.25) is 41.2 Å². The molecule has 0 aromatic heterocycles. The summed E-state index contributed by atoms with van der Waals surface area (Å²) in [5, 5.41) is 253. The number of ether oxygens (including phenoxy) is 3. The van der Waals surface area contributed by atoms with Gasteiger partial charge < -0.3 is 147 Å². The molecule has 0 spiro atoms. The van der Waals surface area contributed by atoms with Crippen molar-refractivity contribution in [2.45, 2.75) is 91.2 Å². The third-order valence-electron chi connectivity index (χ3n) is 11.3. The van der Waals surface area contributed by atoms with Crippen molar-refractivity contribution in [3.05, 3.63) is 52.6 Å². The standard InChI is InChI=1S/C39H49N3O30/c43-15(12-70-28-18(36(58,59)60)22(47)24(49)23(48)19(28)37(61,62)63)11-33(55,35(56,57)17-20(45)25(50)27(52)26(51)21(17)46)16(44)10-14(9-13-5-2-1-3-6-13)41-30(53)34(42-8-4-7-40-32(42)54)31(72-34)71-29(38(64,65)66)39(67,68)69/h1-3,5-6,14,16,29,31,44-52,55-69H,4,7-12H2,(H,40,54)(H,41,53). The van der Waals surface area contributed by atoms with Crippen LogP contribution in [0.15, 0.2) is 30.3 Å². The first-order chi connectivity index (χ1) is 32.8. The number of hydrogen-bond acceptors (Lipinski definition) is 30. The average molecular weight is 1040 g/mol. The molecule has 0 radical (unpaired) electrons. The summed E-state index contributed by atoms with van der Waals surface area (Å²) in [5.41, 5.74) is -12.8. The summed E-state index contributed by atoms with van der Waals surface area (Å²) in [4.78, 5) is 42.0. The third-order valence-corrected chi connectivity index (χ3v) is 11.3. The lowest BCUT2D eigenvalue weighted by Gasteiger charge is -2.44. The van der Waals surface area contributed by atoms with E-state index in [-0.39, 0.29) is 18.5 Å². The normalized spacial score (nSPS) is 19.6. The molecule has 72 heavy (non-hydrogen) atoms. The molecular formula is C39H49N3O30. The highest BCUT2D eigenvalue weighted by atomic mass is 16.8. The minimum Gasteiger partial charge on any atom is -0.504 e. The minimum absolute atomic E-state index is 0.00343. The Hall–Kier alpha value is -6.45. The molecule has 5 atom stereocenters. The first-order valence-electron chi connectivity index (χ1n) is 20.3. The lowest BCUT2D eigenvalue weighted by Crippen LogP contribution is -2.64. The number of amides is 3. The molecule has 2 aliphatic rings. The van der Waals surface area contributed by atoms with E-state index in [0.717, 1.165) is 0 Å². The second kappa shape index (κ2) is 19.5. The molecule has 3 aromatic rings. The Kier molecular flexibility index (Phi) is 15.3. The van der Waals surface area contributed by atoms with Gasteiger partial charge in [-0.3, -0.25) is 14.5 Å². The van der Waals surface area contributed by atoms with Crippen molar-refractivity contribution in [3.63, 3.8) is 0 Å². The van der Waals surface area contributed by atoms with Gasteiger partial charge in [0.25, 0.3) is 11.6 Å². The number of nitrogens with one attached hydrogen (secondary N) is 2. The van der Waals surface area contributed by atoms with E-state index in [1.165, 1.54) is 30.3 Å². The predicted octanol–water partition coefficient (Wildman–Crippen LogP) is -8.99. The fourth-order valence-electron chi connectivity index (χ4n) is 7.75. The molecular weight excluding hydrogens is 990 g/mol. The van der Waals surface area contributed by atoms with E-state index in [2.05, 4.69) is 10.6 Å². The molecule has 3 amide bonds. The molecule has 0 saturated carbocycles. The lowest BCUT2D eigenvalue weighted by molar-refractivity contribution is -0.461. The number of hydrogen-bond donors (Lipinski definition) is 26. The summed E-state index contributed by atoms with van der Waals surface area (Å²) < 4.78 is 15.2. The molecule has 2 heterocycles. The Balaban J connectivity index is 1.62. The molecule has 5 rings (SSSR count). The van der Waals surface area contributed by atoms with Gasteiger partial charge in [-0.2, -0.15) is 0 Å². The number of epoxide rings is 1. The number of benzene rings is 3. The van der Waals surface area contributed by atoms with E-state index in [1.807, 2.05) is 0 Å². The maximum Gasteiger partial charge on any atom is 0.320 e. The largest absolute Gasteiger partial charge is 0.504 e. The van der Waals surface area contributed by atoms with Crippen molar-refractivity contribution < 1.29 is 151 Å². The van der Waals surface area contributed by atoms with Gasteiger partial charge in [-0.15, -0.1) is 0 Å². The van der Waals surface area contributed by atoms with Crippen LogP contribution in [0.2, 0.25) is 0 Å². The first-order valence-corrected chi connectivity index (χ1v) is 20.3. The molecule has 5 unspecified atom stereocenters. The van der Waals surface area contributed by atoms with Crippen LogP contribution < -0.4 is 15.4 Å². The lowest BCUT2D eigenvalue weighted by atomic mass is 9.75. The summed E-state index contributed by atoms with van der Waals surface area (Å²) in [6.07, 6.45) is -12.7. The van der Waals surface area contributed by atoms with E-state index in [4.69, 9.17) is 14.2 Å². The fraction of sp³-hybridized carbons (Fsp3) is 0.462. The van der Waals surface area contributed by atoms with Gasteiger partial charge in [0.1, 0.15) is 29.0 Å². The maximum absolute atomic E-state index is 14.4. The summed E-state index contributed by atoms with van der Waals surface area (Å²) in [6.45, 7) is -2.31. The second-order valence-corrected chi connectivity index (χ2v) is 16.5. The van der Waals surface area contributed by atoms with Crippen LogP contribution in [0.4, 0.5) is 4.79 Å². The zero-order valence-electron chi connectivity index (χ0n) is 36.3. The van der Waals surface area contributed by atoms with Crippen LogP contribution in [0.25, 0.3) is 0 Å². The Morgan fingerprint density at radius 2 is 1.19 bits per heavy atom. The zero-order chi connectivity index (χ0) is 54.6. The average Bonchev–Trinajstić information content (AvgIpc) is 3.98. The summed E-state index contributed by atoms with van der Waals surface area (Å²) in [6, 6.07) is 4.17. The number of carbonyl (C=O) groups excluding carboxylic acids is 3. The predicted molar refractivity (Wildman–Crippen MR) is 218 cm³/mol. The SMILES string of the molecule is O=C(COc1c(C(O)(O)O)c(O)c(O)c(O)c1C(O)(O)O)CC(O)(C(O)CC(Cc1ccccc1)NC(=O)C1(N2CCCNC2=O)OC1OC(C(O)(O)O)C(O)(O)O)C(O)(O)c1c(O)c(O)c(O)c(O)c1O. The van der Waals surface area contributed by atoms with Crippen LogP contribution in [-0.4, -0.2) is 213 Å². The Morgan fingerprint density at radius 1 is 0.722 bits per heavy atom. The molecule has 33 nitrogen and oxygen atoms in total. The van der Waals surface area contributed by atoms with E-state index in [1.54, 1.807) is 0 Å². The number of nitrogens with zero attached hydrogens (tertiary/aromatic N) is 1. The molecule has 0 aliphatic carbocycles. The smallest absolute Gasteiger partial charge is 0.320 e.